The van der Waals surface area contributed by atoms with Crippen LogP contribution < -0.4 is 0 Å². The molecule has 0 radical (unpaired) electrons. The number of sulfone groups is 2. The average molecular weight is 214 g/mol. The van der Waals surface area contributed by atoms with Crippen LogP contribution in [0.25, 0.3) is 0 Å². The van der Waals surface area contributed by atoms with E-state index in [0.29, 0.717) is 0 Å². The Labute approximate surface area is 71.2 Å². The van der Waals surface area contributed by atoms with Gasteiger partial charge in [-0.25, -0.2) is 16.8 Å². The summed E-state index contributed by atoms with van der Waals surface area (Å²) in [5.74, 6) is -0.891. The van der Waals surface area contributed by atoms with E-state index in [4.69, 9.17) is 5.11 Å². The first kappa shape index (κ1) is 9.94. The Balaban J connectivity index is 3.01. The van der Waals surface area contributed by atoms with E-state index in [9.17, 15) is 16.8 Å². The molecule has 0 bridgehead atoms. The maximum Gasteiger partial charge on any atom is 0.154 e. The molecule has 2 unspecified atom stereocenters. The van der Waals surface area contributed by atoms with Crippen LogP contribution >= 0.6 is 0 Å². The van der Waals surface area contributed by atoms with Crippen LogP contribution in [0.3, 0.4) is 0 Å². The third-order valence-corrected chi connectivity index (χ3v) is 5.33. The molecular weight excluding hydrogens is 204 g/mol. The molecule has 1 rings (SSSR count). The van der Waals surface area contributed by atoms with Crippen LogP contribution in [-0.2, 0) is 19.7 Å². The van der Waals surface area contributed by atoms with Crippen LogP contribution in [0.15, 0.2) is 0 Å². The van der Waals surface area contributed by atoms with Crippen molar-refractivity contribution in [2.45, 2.75) is 11.4 Å². The highest BCUT2D eigenvalue weighted by molar-refractivity contribution is 7.96. The predicted octanol–water partition coefficient (Wildman–Crippen LogP) is -1.81. The van der Waals surface area contributed by atoms with Crippen LogP contribution in [0.1, 0.15) is 0 Å². The largest absolute Gasteiger partial charge is 0.391 e. The van der Waals surface area contributed by atoms with Gasteiger partial charge in [0.05, 0.1) is 17.6 Å². The average Bonchev–Trinajstić information content (AvgIpc) is 2.03. The minimum atomic E-state index is -3.45. The summed E-state index contributed by atoms with van der Waals surface area (Å²) in [6, 6.07) is 0. The number of aliphatic hydroxyl groups is 1. The molecule has 0 spiro atoms. The maximum atomic E-state index is 10.9. The molecule has 0 aromatic carbocycles. The summed E-state index contributed by atoms with van der Waals surface area (Å²) in [6.07, 6.45) is -0.327. The van der Waals surface area contributed by atoms with Gasteiger partial charge in [0.25, 0.3) is 0 Å². The molecule has 5 nitrogen and oxygen atoms in total. The zero-order chi connectivity index (χ0) is 9.57. The summed E-state index contributed by atoms with van der Waals surface area (Å²) >= 11 is 0. The van der Waals surface area contributed by atoms with E-state index in [-0.39, 0.29) is 0 Å². The van der Waals surface area contributed by atoms with Gasteiger partial charge in [-0.05, 0) is 0 Å². The molecule has 1 aliphatic rings. The molecule has 1 aliphatic heterocycles. The highest BCUT2D eigenvalue weighted by Crippen LogP contribution is 2.18. The number of hydrogen-bond acceptors (Lipinski definition) is 5. The molecule has 1 N–H and O–H groups in total. The second-order valence-corrected chi connectivity index (χ2v) is 7.43. The Morgan fingerprint density at radius 2 is 1.83 bits per heavy atom. The third-order valence-electron chi connectivity index (χ3n) is 1.82. The lowest BCUT2D eigenvalue weighted by Gasteiger charge is -2.08. The molecule has 0 saturated carbocycles. The third kappa shape index (κ3) is 1.96. The van der Waals surface area contributed by atoms with Crippen molar-refractivity contribution < 1.29 is 21.9 Å². The molecule has 0 amide bonds. The maximum absolute atomic E-state index is 10.9. The van der Waals surface area contributed by atoms with Gasteiger partial charge in [0.15, 0.2) is 19.7 Å². The van der Waals surface area contributed by atoms with Crippen molar-refractivity contribution in [1.29, 1.82) is 0 Å². The second-order valence-electron chi connectivity index (χ2n) is 3.01. The van der Waals surface area contributed by atoms with Gasteiger partial charge in [-0.2, -0.15) is 0 Å². The normalized spacial score (nSPS) is 35.2. The van der Waals surface area contributed by atoms with Crippen molar-refractivity contribution in [2.75, 3.05) is 17.8 Å². The lowest BCUT2D eigenvalue weighted by atomic mass is 10.3. The van der Waals surface area contributed by atoms with E-state index >= 15 is 0 Å². The van der Waals surface area contributed by atoms with Crippen molar-refractivity contribution in [2.24, 2.45) is 0 Å². The van der Waals surface area contributed by atoms with Crippen molar-refractivity contribution in [1.82, 2.24) is 0 Å². The SMILES string of the molecule is CS(=O)(=O)C1CS(=O)(=O)CC1O. The van der Waals surface area contributed by atoms with Gasteiger partial charge in [0, 0.05) is 6.26 Å². The molecule has 0 aliphatic carbocycles. The Bertz CT molecular complexity index is 365. The van der Waals surface area contributed by atoms with Crippen LogP contribution in [0, 0.1) is 0 Å². The fourth-order valence-corrected chi connectivity index (χ4v) is 5.22. The summed E-state index contributed by atoms with van der Waals surface area (Å²) in [5, 5.41) is 7.97. The first-order valence-electron chi connectivity index (χ1n) is 3.30. The van der Waals surface area contributed by atoms with E-state index < -0.39 is 42.5 Å². The van der Waals surface area contributed by atoms with E-state index in [0.717, 1.165) is 6.26 Å². The van der Waals surface area contributed by atoms with Gasteiger partial charge in [0.2, 0.25) is 0 Å². The smallest absolute Gasteiger partial charge is 0.154 e. The van der Waals surface area contributed by atoms with E-state index in [1.54, 1.807) is 0 Å². The Morgan fingerprint density at radius 3 is 2.00 bits per heavy atom. The standard InChI is InChI=1S/C5H10O5S2/c1-11(7,8)5-3-12(9,10)2-4(5)6/h4-6H,2-3H2,1H3. The van der Waals surface area contributed by atoms with Gasteiger partial charge >= 0.3 is 0 Å². The summed E-state index contributed by atoms with van der Waals surface area (Å²) in [6.45, 7) is 0. The lowest BCUT2D eigenvalue weighted by Crippen LogP contribution is -2.31. The quantitative estimate of drug-likeness (QED) is 0.555. The first-order valence-corrected chi connectivity index (χ1v) is 7.07. The monoisotopic (exact) mass is 214 g/mol. The predicted molar refractivity (Wildman–Crippen MR) is 43.3 cm³/mol. The molecule has 0 aromatic heterocycles. The molecule has 72 valence electrons. The molecular formula is C5H10O5S2. The van der Waals surface area contributed by atoms with Crippen molar-refractivity contribution in [3.05, 3.63) is 0 Å². The molecule has 2 atom stereocenters. The van der Waals surface area contributed by atoms with Gasteiger partial charge in [-0.15, -0.1) is 0 Å². The second kappa shape index (κ2) is 2.68. The van der Waals surface area contributed by atoms with E-state index in [1.807, 2.05) is 0 Å². The Morgan fingerprint density at radius 1 is 1.33 bits per heavy atom. The zero-order valence-corrected chi connectivity index (χ0v) is 8.10. The number of hydrogen-bond donors (Lipinski definition) is 1. The van der Waals surface area contributed by atoms with Crippen LogP contribution in [-0.4, -0.2) is 51.1 Å². The van der Waals surface area contributed by atoms with E-state index in [1.165, 1.54) is 0 Å². The van der Waals surface area contributed by atoms with Crippen LogP contribution in [0.4, 0.5) is 0 Å². The highest BCUT2D eigenvalue weighted by atomic mass is 32.2. The molecule has 1 saturated heterocycles. The summed E-state index contributed by atoms with van der Waals surface area (Å²) in [4.78, 5) is 0. The molecule has 1 fully saturated rings. The highest BCUT2D eigenvalue weighted by Gasteiger charge is 2.42. The molecule has 7 heteroatoms. The number of aliphatic hydroxyl groups excluding tert-OH is 1. The fourth-order valence-electron chi connectivity index (χ4n) is 1.21. The van der Waals surface area contributed by atoms with Crippen LogP contribution in [0.5, 0.6) is 0 Å². The molecule has 12 heavy (non-hydrogen) atoms. The van der Waals surface area contributed by atoms with E-state index in [2.05, 4.69) is 0 Å². The van der Waals surface area contributed by atoms with Gasteiger partial charge in [-0.1, -0.05) is 0 Å². The topological polar surface area (TPSA) is 88.5 Å². The Kier molecular flexibility index (Phi) is 2.22. The summed E-state index contributed by atoms with van der Waals surface area (Å²) in [7, 11) is -6.81. The first-order chi connectivity index (χ1) is 5.22. The van der Waals surface area contributed by atoms with Crippen molar-refractivity contribution in [3.63, 3.8) is 0 Å². The fraction of sp³-hybridized carbons (Fsp3) is 1.00. The van der Waals surface area contributed by atoms with Crippen molar-refractivity contribution in [3.8, 4) is 0 Å². The molecule has 1 heterocycles. The van der Waals surface area contributed by atoms with Gasteiger partial charge in [0.1, 0.15) is 5.25 Å². The Hall–Kier alpha value is -0.140. The molecule has 0 aromatic rings. The number of rotatable bonds is 1. The minimum absolute atomic E-state index is 0.440. The zero-order valence-electron chi connectivity index (χ0n) is 6.47. The minimum Gasteiger partial charge on any atom is -0.391 e. The lowest BCUT2D eigenvalue weighted by molar-refractivity contribution is 0.204. The van der Waals surface area contributed by atoms with Crippen LogP contribution in [0.2, 0.25) is 0 Å². The summed E-state index contributed by atoms with van der Waals surface area (Å²) < 4.78 is 43.6. The van der Waals surface area contributed by atoms with Gasteiger partial charge < -0.3 is 5.11 Å². The van der Waals surface area contributed by atoms with Gasteiger partial charge in [-0.3, -0.25) is 0 Å². The summed E-state index contributed by atoms with van der Waals surface area (Å²) in [5.41, 5.74) is 0. The van der Waals surface area contributed by atoms with Crippen molar-refractivity contribution >= 4 is 19.7 Å².